The summed E-state index contributed by atoms with van der Waals surface area (Å²) in [5, 5.41) is 7.17. The van der Waals surface area contributed by atoms with Gasteiger partial charge in [0.1, 0.15) is 0 Å². The van der Waals surface area contributed by atoms with Crippen molar-refractivity contribution in [3.8, 4) is 0 Å². The average Bonchev–Trinajstić information content (AvgIpc) is 2.87. The smallest absolute Gasteiger partial charge is 0.221 e. The number of aromatic nitrogens is 2. The summed E-state index contributed by atoms with van der Waals surface area (Å²) in [6.07, 6.45) is 4.53. The Morgan fingerprint density at radius 3 is 2.67 bits per heavy atom. The molecule has 5 heteroatoms. The van der Waals surface area contributed by atoms with Gasteiger partial charge in [-0.15, -0.1) is 0 Å². The van der Waals surface area contributed by atoms with Crippen molar-refractivity contribution in [2.24, 2.45) is 0 Å². The number of nitrogens with zero attached hydrogens (tertiary/aromatic N) is 3. The standard InChI is InChI=1S/C16H22N4O/c1-13(21)18-15-11-17-20(12-15)16(9-10-19(2)3)14-7-5-4-6-8-14/h4-8,11-12,16H,9-10H2,1-3H3,(H,18,21). The molecule has 1 heterocycles. The highest BCUT2D eigenvalue weighted by Gasteiger charge is 2.15. The van der Waals surface area contributed by atoms with Gasteiger partial charge in [0, 0.05) is 13.1 Å². The molecule has 112 valence electrons. The van der Waals surface area contributed by atoms with E-state index in [0.717, 1.165) is 18.7 Å². The summed E-state index contributed by atoms with van der Waals surface area (Å²) >= 11 is 0. The van der Waals surface area contributed by atoms with Crippen LogP contribution >= 0.6 is 0 Å². The van der Waals surface area contributed by atoms with E-state index in [-0.39, 0.29) is 11.9 Å². The highest BCUT2D eigenvalue weighted by Crippen LogP contribution is 2.23. The molecule has 0 radical (unpaired) electrons. The minimum atomic E-state index is -0.0842. The van der Waals surface area contributed by atoms with E-state index >= 15 is 0 Å². The Balaban J connectivity index is 2.22. The molecule has 0 aliphatic carbocycles. The molecule has 1 amide bonds. The Hall–Kier alpha value is -2.14. The highest BCUT2D eigenvalue weighted by atomic mass is 16.1. The van der Waals surface area contributed by atoms with E-state index < -0.39 is 0 Å². The van der Waals surface area contributed by atoms with Crippen LogP contribution in [0.25, 0.3) is 0 Å². The van der Waals surface area contributed by atoms with Crippen molar-refractivity contribution < 1.29 is 4.79 Å². The van der Waals surface area contributed by atoms with Crippen LogP contribution in [0.5, 0.6) is 0 Å². The zero-order valence-electron chi connectivity index (χ0n) is 12.8. The van der Waals surface area contributed by atoms with Crippen molar-refractivity contribution in [1.29, 1.82) is 0 Å². The van der Waals surface area contributed by atoms with Gasteiger partial charge in [0.05, 0.1) is 17.9 Å². The van der Waals surface area contributed by atoms with Gasteiger partial charge >= 0.3 is 0 Å². The zero-order chi connectivity index (χ0) is 15.2. The first kappa shape index (κ1) is 15.3. The van der Waals surface area contributed by atoms with Gasteiger partial charge in [-0.1, -0.05) is 30.3 Å². The number of rotatable bonds is 6. The average molecular weight is 286 g/mol. The molecule has 21 heavy (non-hydrogen) atoms. The van der Waals surface area contributed by atoms with Crippen LogP contribution in [-0.2, 0) is 4.79 Å². The maximum Gasteiger partial charge on any atom is 0.221 e. The number of amides is 1. The van der Waals surface area contributed by atoms with Gasteiger partial charge < -0.3 is 10.2 Å². The molecule has 1 atom stereocenters. The van der Waals surface area contributed by atoms with E-state index in [1.807, 2.05) is 29.1 Å². The molecule has 1 aromatic carbocycles. The third-order valence-electron chi connectivity index (χ3n) is 3.28. The van der Waals surface area contributed by atoms with Gasteiger partial charge in [-0.25, -0.2) is 0 Å². The Morgan fingerprint density at radius 1 is 1.33 bits per heavy atom. The monoisotopic (exact) mass is 286 g/mol. The van der Waals surface area contributed by atoms with Crippen molar-refractivity contribution in [3.63, 3.8) is 0 Å². The van der Waals surface area contributed by atoms with E-state index in [1.165, 1.54) is 12.5 Å². The minimum absolute atomic E-state index is 0.0842. The van der Waals surface area contributed by atoms with Crippen molar-refractivity contribution in [2.75, 3.05) is 26.0 Å². The molecule has 0 bridgehead atoms. The maximum atomic E-state index is 11.1. The lowest BCUT2D eigenvalue weighted by molar-refractivity contribution is -0.114. The number of carbonyl (C=O) groups excluding carboxylic acids is 1. The minimum Gasteiger partial charge on any atom is -0.324 e. The second-order valence-corrected chi connectivity index (χ2v) is 5.41. The third kappa shape index (κ3) is 4.43. The first-order valence-corrected chi connectivity index (χ1v) is 7.07. The quantitative estimate of drug-likeness (QED) is 0.887. The molecule has 2 aromatic rings. The normalized spacial score (nSPS) is 12.4. The summed E-state index contributed by atoms with van der Waals surface area (Å²) in [6.45, 7) is 2.47. The van der Waals surface area contributed by atoms with Crippen molar-refractivity contribution in [1.82, 2.24) is 14.7 Å². The van der Waals surface area contributed by atoms with E-state index in [1.54, 1.807) is 6.20 Å². The Kier molecular flexibility index (Phi) is 5.11. The molecule has 1 N–H and O–H groups in total. The summed E-state index contributed by atoms with van der Waals surface area (Å²) in [6, 6.07) is 10.5. The molecule has 1 aromatic heterocycles. The van der Waals surface area contributed by atoms with Crippen LogP contribution in [0.15, 0.2) is 42.7 Å². The van der Waals surface area contributed by atoms with Crippen LogP contribution in [0.1, 0.15) is 24.9 Å². The number of carbonyl (C=O) groups is 1. The molecule has 1 unspecified atom stereocenters. The molecule has 5 nitrogen and oxygen atoms in total. The molecular weight excluding hydrogens is 264 g/mol. The molecule has 0 aliphatic rings. The largest absolute Gasteiger partial charge is 0.324 e. The van der Waals surface area contributed by atoms with E-state index in [2.05, 4.69) is 41.5 Å². The van der Waals surface area contributed by atoms with Crippen molar-refractivity contribution in [2.45, 2.75) is 19.4 Å². The first-order chi connectivity index (χ1) is 10.1. The lowest BCUT2D eigenvalue weighted by Crippen LogP contribution is -2.20. The summed E-state index contributed by atoms with van der Waals surface area (Å²) in [5.41, 5.74) is 1.95. The third-order valence-corrected chi connectivity index (χ3v) is 3.28. The van der Waals surface area contributed by atoms with E-state index in [4.69, 9.17) is 0 Å². The summed E-state index contributed by atoms with van der Waals surface area (Å²) in [7, 11) is 4.13. The van der Waals surface area contributed by atoms with Gasteiger partial charge in [0.2, 0.25) is 5.91 Å². The lowest BCUT2D eigenvalue weighted by atomic mass is 10.0. The molecule has 0 fully saturated rings. The predicted molar refractivity (Wildman–Crippen MR) is 84.3 cm³/mol. The fraction of sp³-hybridized carbons (Fsp3) is 0.375. The lowest BCUT2D eigenvalue weighted by Gasteiger charge is -2.20. The van der Waals surface area contributed by atoms with Crippen molar-refractivity contribution in [3.05, 3.63) is 48.3 Å². The van der Waals surface area contributed by atoms with Crippen molar-refractivity contribution >= 4 is 11.6 Å². The molecule has 0 spiro atoms. The molecule has 0 saturated carbocycles. The van der Waals surface area contributed by atoms with E-state index in [9.17, 15) is 4.79 Å². The predicted octanol–water partition coefficient (Wildman–Crippen LogP) is 2.38. The Morgan fingerprint density at radius 2 is 2.05 bits per heavy atom. The molecule has 0 saturated heterocycles. The van der Waals surface area contributed by atoms with E-state index in [0.29, 0.717) is 0 Å². The fourth-order valence-corrected chi connectivity index (χ4v) is 2.28. The van der Waals surface area contributed by atoms with Crippen LogP contribution < -0.4 is 5.32 Å². The highest BCUT2D eigenvalue weighted by molar-refractivity contribution is 5.88. The van der Waals surface area contributed by atoms with Crippen LogP contribution in [0.4, 0.5) is 5.69 Å². The molecule has 0 aliphatic heterocycles. The van der Waals surface area contributed by atoms with Gasteiger partial charge in [-0.2, -0.15) is 5.10 Å². The number of hydrogen-bond acceptors (Lipinski definition) is 3. The zero-order valence-corrected chi connectivity index (χ0v) is 12.8. The van der Waals surface area contributed by atoms with Crippen LogP contribution in [0.3, 0.4) is 0 Å². The number of anilines is 1. The number of hydrogen-bond donors (Lipinski definition) is 1. The maximum absolute atomic E-state index is 11.1. The second-order valence-electron chi connectivity index (χ2n) is 5.41. The van der Waals surface area contributed by atoms with Crippen LogP contribution in [0.2, 0.25) is 0 Å². The Bertz CT molecular complexity index is 577. The van der Waals surface area contributed by atoms with Gasteiger partial charge in [-0.3, -0.25) is 9.48 Å². The van der Waals surface area contributed by atoms with Crippen LogP contribution in [-0.4, -0.2) is 41.2 Å². The second kappa shape index (κ2) is 7.04. The van der Waals surface area contributed by atoms with Gasteiger partial charge in [0.25, 0.3) is 0 Å². The fourth-order valence-electron chi connectivity index (χ4n) is 2.28. The molecular formula is C16H22N4O. The topological polar surface area (TPSA) is 50.2 Å². The van der Waals surface area contributed by atoms with Gasteiger partial charge in [-0.05, 0) is 32.6 Å². The van der Waals surface area contributed by atoms with Crippen LogP contribution in [0, 0.1) is 0 Å². The number of nitrogens with one attached hydrogen (secondary N) is 1. The molecule has 2 rings (SSSR count). The summed E-state index contributed by atoms with van der Waals surface area (Å²) in [4.78, 5) is 13.3. The Labute approximate surface area is 125 Å². The van der Waals surface area contributed by atoms with Gasteiger partial charge in [0.15, 0.2) is 0 Å². The SMILES string of the molecule is CC(=O)Nc1cnn(C(CCN(C)C)c2ccccc2)c1. The summed E-state index contributed by atoms with van der Waals surface area (Å²) < 4.78 is 1.92. The summed E-state index contributed by atoms with van der Waals surface area (Å²) in [5.74, 6) is -0.0842. The number of benzene rings is 1. The first-order valence-electron chi connectivity index (χ1n) is 7.07.